The molecule has 2 aliphatic rings. The van der Waals surface area contributed by atoms with Crippen LogP contribution >= 0.6 is 0 Å². The van der Waals surface area contributed by atoms with Gasteiger partial charge in [0.05, 0.1) is 11.5 Å². The van der Waals surface area contributed by atoms with E-state index < -0.39 is 0 Å². The molecule has 1 aliphatic heterocycles. The molecule has 1 atom stereocenters. The molecule has 0 amide bonds. The van der Waals surface area contributed by atoms with Crippen LogP contribution in [0.2, 0.25) is 0 Å². The van der Waals surface area contributed by atoms with Crippen molar-refractivity contribution in [1.29, 1.82) is 5.26 Å². The highest BCUT2D eigenvalue weighted by molar-refractivity contribution is 5.37. The van der Waals surface area contributed by atoms with Crippen LogP contribution in [0.3, 0.4) is 0 Å². The van der Waals surface area contributed by atoms with Gasteiger partial charge in [-0.2, -0.15) is 5.26 Å². The fourth-order valence-corrected chi connectivity index (χ4v) is 3.21. The molecule has 1 saturated carbocycles. The Balaban J connectivity index is 1.78. The summed E-state index contributed by atoms with van der Waals surface area (Å²) in [7, 11) is 0. The van der Waals surface area contributed by atoms with Gasteiger partial charge >= 0.3 is 0 Å². The SMILES string of the molecule is N#CC1(c2ccc(C3CCCNC3)cc2)CCC1. The summed E-state index contributed by atoms with van der Waals surface area (Å²) >= 11 is 0. The van der Waals surface area contributed by atoms with Crippen LogP contribution in [0, 0.1) is 11.3 Å². The fraction of sp³-hybridized carbons (Fsp3) is 0.562. The van der Waals surface area contributed by atoms with Crippen molar-refractivity contribution in [2.75, 3.05) is 13.1 Å². The molecule has 1 aromatic rings. The summed E-state index contributed by atoms with van der Waals surface area (Å²) in [6.45, 7) is 2.26. The topological polar surface area (TPSA) is 35.8 Å². The second kappa shape index (κ2) is 4.74. The van der Waals surface area contributed by atoms with E-state index >= 15 is 0 Å². The Kier molecular flexibility index (Phi) is 3.09. The third kappa shape index (κ3) is 1.93. The molecule has 3 rings (SSSR count). The minimum absolute atomic E-state index is 0.163. The summed E-state index contributed by atoms with van der Waals surface area (Å²) in [5.74, 6) is 0.659. The second-order valence-electron chi connectivity index (χ2n) is 5.71. The molecular weight excluding hydrogens is 220 g/mol. The Morgan fingerprint density at radius 3 is 2.44 bits per heavy atom. The van der Waals surface area contributed by atoms with E-state index in [1.807, 2.05) is 0 Å². The molecule has 0 radical (unpaired) electrons. The average molecular weight is 240 g/mol. The molecule has 1 heterocycles. The Hall–Kier alpha value is -1.33. The van der Waals surface area contributed by atoms with Gasteiger partial charge in [-0.15, -0.1) is 0 Å². The number of hydrogen-bond donors (Lipinski definition) is 1. The molecule has 1 N–H and O–H groups in total. The van der Waals surface area contributed by atoms with Crippen molar-refractivity contribution >= 4 is 0 Å². The van der Waals surface area contributed by atoms with Crippen LogP contribution in [0.1, 0.15) is 49.1 Å². The van der Waals surface area contributed by atoms with Gasteiger partial charge in [0.1, 0.15) is 0 Å². The molecule has 1 aromatic carbocycles. The number of piperidine rings is 1. The third-order valence-electron chi connectivity index (χ3n) is 4.65. The highest BCUT2D eigenvalue weighted by Gasteiger charge is 2.38. The minimum atomic E-state index is -0.163. The molecule has 94 valence electrons. The summed E-state index contributed by atoms with van der Waals surface area (Å²) in [4.78, 5) is 0. The predicted molar refractivity (Wildman–Crippen MR) is 72.4 cm³/mol. The normalized spacial score (nSPS) is 26.1. The maximum absolute atomic E-state index is 9.35. The van der Waals surface area contributed by atoms with Gasteiger partial charge in [-0.3, -0.25) is 0 Å². The Labute approximate surface area is 109 Å². The maximum atomic E-state index is 9.35. The lowest BCUT2D eigenvalue weighted by Crippen LogP contribution is -2.32. The zero-order chi connectivity index (χ0) is 12.4. The average Bonchev–Trinajstić information content (AvgIpc) is 2.40. The molecule has 2 heteroatoms. The highest BCUT2D eigenvalue weighted by Crippen LogP contribution is 2.43. The van der Waals surface area contributed by atoms with E-state index in [2.05, 4.69) is 35.7 Å². The van der Waals surface area contributed by atoms with Crippen LogP contribution in [0.15, 0.2) is 24.3 Å². The molecule has 18 heavy (non-hydrogen) atoms. The van der Waals surface area contributed by atoms with Crippen molar-refractivity contribution in [2.45, 2.75) is 43.4 Å². The van der Waals surface area contributed by atoms with Gasteiger partial charge < -0.3 is 5.32 Å². The number of nitrogens with one attached hydrogen (secondary N) is 1. The molecule has 2 nitrogen and oxygen atoms in total. The van der Waals surface area contributed by atoms with Crippen LogP contribution in [0.5, 0.6) is 0 Å². The molecule has 0 bridgehead atoms. The first-order valence-corrected chi connectivity index (χ1v) is 7.06. The van der Waals surface area contributed by atoms with Gasteiger partial charge in [0, 0.05) is 6.54 Å². The van der Waals surface area contributed by atoms with Crippen LogP contribution in [0.4, 0.5) is 0 Å². The van der Waals surface area contributed by atoms with Crippen molar-refractivity contribution in [3.05, 3.63) is 35.4 Å². The molecule has 1 saturated heterocycles. The standard InChI is InChI=1S/C16H20N2/c17-12-16(8-2-9-16)15-6-4-13(5-7-15)14-3-1-10-18-11-14/h4-7,14,18H,1-3,8-11H2. The quantitative estimate of drug-likeness (QED) is 0.862. The smallest absolute Gasteiger partial charge is 0.0822 e. The molecular formula is C16H20N2. The second-order valence-corrected chi connectivity index (χ2v) is 5.71. The zero-order valence-electron chi connectivity index (χ0n) is 10.8. The number of hydrogen-bond acceptors (Lipinski definition) is 2. The van der Waals surface area contributed by atoms with Crippen LogP contribution in [0.25, 0.3) is 0 Å². The van der Waals surface area contributed by atoms with E-state index in [0.717, 1.165) is 25.9 Å². The summed E-state index contributed by atoms with van der Waals surface area (Å²) in [6, 6.07) is 11.4. The fourth-order valence-electron chi connectivity index (χ4n) is 3.21. The monoisotopic (exact) mass is 240 g/mol. The molecule has 0 aromatic heterocycles. The van der Waals surface area contributed by atoms with E-state index in [9.17, 15) is 5.26 Å². The first-order valence-electron chi connectivity index (χ1n) is 7.06. The Morgan fingerprint density at radius 1 is 1.17 bits per heavy atom. The lowest BCUT2D eigenvalue weighted by Gasteiger charge is -2.36. The lowest BCUT2D eigenvalue weighted by molar-refractivity contribution is 0.324. The van der Waals surface area contributed by atoms with E-state index in [4.69, 9.17) is 0 Å². The lowest BCUT2D eigenvalue weighted by atomic mass is 9.65. The van der Waals surface area contributed by atoms with E-state index in [1.54, 1.807) is 0 Å². The third-order valence-corrected chi connectivity index (χ3v) is 4.65. The first-order chi connectivity index (χ1) is 8.84. The Morgan fingerprint density at radius 2 is 1.94 bits per heavy atom. The van der Waals surface area contributed by atoms with Crippen molar-refractivity contribution < 1.29 is 0 Å². The number of benzene rings is 1. The zero-order valence-corrected chi connectivity index (χ0v) is 10.8. The van der Waals surface area contributed by atoms with Gasteiger partial charge in [-0.25, -0.2) is 0 Å². The van der Waals surface area contributed by atoms with E-state index in [0.29, 0.717) is 5.92 Å². The summed E-state index contributed by atoms with van der Waals surface area (Å²) in [6.07, 6.45) is 5.83. The van der Waals surface area contributed by atoms with Gasteiger partial charge in [0.25, 0.3) is 0 Å². The maximum Gasteiger partial charge on any atom is 0.0822 e. The van der Waals surface area contributed by atoms with Crippen LogP contribution < -0.4 is 5.32 Å². The molecule has 2 fully saturated rings. The highest BCUT2D eigenvalue weighted by atomic mass is 14.9. The number of rotatable bonds is 2. The number of nitriles is 1. The largest absolute Gasteiger partial charge is 0.316 e. The van der Waals surface area contributed by atoms with Crippen molar-refractivity contribution in [3.8, 4) is 6.07 Å². The van der Waals surface area contributed by atoms with Crippen LogP contribution in [-0.2, 0) is 5.41 Å². The van der Waals surface area contributed by atoms with Crippen molar-refractivity contribution in [2.24, 2.45) is 0 Å². The summed E-state index contributed by atoms with van der Waals surface area (Å²) in [5.41, 5.74) is 2.49. The Bertz CT molecular complexity index is 445. The molecule has 0 spiro atoms. The van der Waals surface area contributed by atoms with Crippen molar-refractivity contribution in [3.63, 3.8) is 0 Å². The van der Waals surface area contributed by atoms with Gasteiger partial charge in [-0.1, -0.05) is 24.3 Å². The van der Waals surface area contributed by atoms with Gasteiger partial charge in [0.15, 0.2) is 0 Å². The number of nitrogens with zero attached hydrogens (tertiary/aromatic N) is 1. The van der Waals surface area contributed by atoms with Gasteiger partial charge in [0.2, 0.25) is 0 Å². The minimum Gasteiger partial charge on any atom is -0.316 e. The van der Waals surface area contributed by atoms with Crippen LogP contribution in [-0.4, -0.2) is 13.1 Å². The van der Waals surface area contributed by atoms with E-state index in [-0.39, 0.29) is 5.41 Å². The predicted octanol–water partition coefficient (Wildman–Crippen LogP) is 3.10. The molecule has 1 aliphatic carbocycles. The molecule has 1 unspecified atom stereocenters. The van der Waals surface area contributed by atoms with E-state index in [1.165, 1.54) is 30.4 Å². The summed E-state index contributed by atoms with van der Waals surface area (Å²) < 4.78 is 0. The van der Waals surface area contributed by atoms with Crippen molar-refractivity contribution in [1.82, 2.24) is 5.32 Å². The summed E-state index contributed by atoms with van der Waals surface area (Å²) in [5, 5.41) is 12.8. The van der Waals surface area contributed by atoms with Gasteiger partial charge in [-0.05, 0) is 55.7 Å². The first kappa shape index (κ1) is 11.7.